The summed E-state index contributed by atoms with van der Waals surface area (Å²) in [6.45, 7) is 5.91. The molecule has 0 radical (unpaired) electrons. The number of nitrogens with two attached hydrogens (primary N) is 1. The van der Waals surface area contributed by atoms with Crippen molar-refractivity contribution < 1.29 is 13.2 Å². The molecule has 4 nitrogen and oxygen atoms in total. The predicted molar refractivity (Wildman–Crippen MR) is 78.2 cm³/mol. The van der Waals surface area contributed by atoms with Crippen molar-refractivity contribution in [3.63, 3.8) is 0 Å². The van der Waals surface area contributed by atoms with Gasteiger partial charge in [-0.25, -0.2) is 8.42 Å². The number of rotatable bonds is 7. The van der Waals surface area contributed by atoms with E-state index in [9.17, 15) is 8.42 Å². The van der Waals surface area contributed by atoms with Crippen LogP contribution in [0.15, 0.2) is 18.2 Å². The SMILES string of the molecule is CCCS(=O)(=O)CCOc1ccc([C@@H](C)N)cc1C. The molecule has 0 saturated carbocycles. The molecular weight excluding hydrogens is 262 g/mol. The molecule has 0 aromatic heterocycles. The molecule has 0 aliphatic heterocycles. The third-order valence-electron chi connectivity index (χ3n) is 2.89. The first-order chi connectivity index (χ1) is 8.85. The summed E-state index contributed by atoms with van der Waals surface area (Å²) >= 11 is 0. The van der Waals surface area contributed by atoms with Crippen LogP contribution in [0.25, 0.3) is 0 Å². The second-order valence-corrected chi connectivity index (χ2v) is 7.12. The third-order valence-corrected chi connectivity index (χ3v) is 4.71. The van der Waals surface area contributed by atoms with E-state index in [4.69, 9.17) is 10.5 Å². The zero-order valence-electron chi connectivity index (χ0n) is 11.8. The van der Waals surface area contributed by atoms with Crippen LogP contribution in [0.3, 0.4) is 0 Å². The quantitative estimate of drug-likeness (QED) is 0.834. The van der Waals surface area contributed by atoms with Gasteiger partial charge in [0.25, 0.3) is 0 Å². The van der Waals surface area contributed by atoms with E-state index in [0.29, 0.717) is 6.42 Å². The maximum atomic E-state index is 11.6. The third kappa shape index (κ3) is 5.20. The molecule has 0 fully saturated rings. The minimum Gasteiger partial charge on any atom is -0.492 e. The molecule has 2 N–H and O–H groups in total. The van der Waals surface area contributed by atoms with Crippen molar-refractivity contribution in [2.45, 2.75) is 33.2 Å². The van der Waals surface area contributed by atoms with Gasteiger partial charge in [-0.15, -0.1) is 0 Å². The van der Waals surface area contributed by atoms with Gasteiger partial charge in [0.15, 0.2) is 9.84 Å². The van der Waals surface area contributed by atoms with Crippen LogP contribution in [0.5, 0.6) is 5.75 Å². The summed E-state index contributed by atoms with van der Waals surface area (Å²) in [5, 5.41) is 0. The minimum atomic E-state index is -2.98. The molecule has 0 saturated heterocycles. The van der Waals surface area contributed by atoms with Gasteiger partial charge < -0.3 is 10.5 Å². The molecule has 0 aliphatic rings. The van der Waals surface area contributed by atoms with Gasteiger partial charge in [0.1, 0.15) is 12.4 Å². The van der Waals surface area contributed by atoms with Crippen LogP contribution in [0.1, 0.15) is 37.4 Å². The van der Waals surface area contributed by atoms with Crippen LogP contribution in [-0.4, -0.2) is 26.5 Å². The molecule has 1 aromatic rings. The maximum Gasteiger partial charge on any atom is 0.153 e. The van der Waals surface area contributed by atoms with E-state index in [-0.39, 0.29) is 24.2 Å². The monoisotopic (exact) mass is 285 g/mol. The van der Waals surface area contributed by atoms with Gasteiger partial charge in [-0.2, -0.15) is 0 Å². The highest BCUT2D eigenvalue weighted by molar-refractivity contribution is 7.91. The lowest BCUT2D eigenvalue weighted by atomic mass is 10.1. The van der Waals surface area contributed by atoms with Crippen molar-refractivity contribution >= 4 is 9.84 Å². The topological polar surface area (TPSA) is 69.4 Å². The summed E-state index contributed by atoms with van der Waals surface area (Å²) in [6, 6.07) is 5.71. The summed E-state index contributed by atoms with van der Waals surface area (Å²) in [4.78, 5) is 0. The molecule has 1 aromatic carbocycles. The lowest BCUT2D eigenvalue weighted by molar-refractivity contribution is 0.338. The van der Waals surface area contributed by atoms with Crippen molar-refractivity contribution in [3.05, 3.63) is 29.3 Å². The summed E-state index contributed by atoms with van der Waals surface area (Å²) in [7, 11) is -2.98. The van der Waals surface area contributed by atoms with Crippen LogP contribution in [0, 0.1) is 6.92 Å². The molecule has 0 unspecified atom stereocenters. The molecule has 108 valence electrons. The van der Waals surface area contributed by atoms with E-state index in [1.54, 1.807) is 0 Å². The fraction of sp³-hybridized carbons (Fsp3) is 0.571. The Bertz CT molecular complexity index is 509. The number of hydrogen-bond acceptors (Lipinski definition) is 4. The van der Waals surface area contributed by atoms with Gasteiger partial charge in [0.05, 0.1) is 11.5 Å². The maximum absolute atomic E-state index is 11.6. The van der Waals surface area contributed by atoms with Crippen molar-refractivity contribution in [3.8, 4) is 5.75 Å². The smallest absolute Gasteiger partial charge is 0.153 e. The highest BCUT2D eigenvalue weighted by Gasteiger charge is 2.10. The van der Waals surface area contributed by atoms with Gasteiger partial charge in [-0.1, -0.05) is 19.1 Å². The zero-order valence-corrected chi connectivity index (χ0v) is 12.7. The first kappa shape index (κ1) is 16.0. The van der Waals surface area contributed by atoms with Crippen molar-refractivity contribution in [1.82, 2.24) is 0 Å². The first-order valence-corrected chi connectivity index (χ1v) is 8.37. The number of benzene rings is 1. The van der Waals surface area contributed by atoms with E-state index in [2.05, 4.69) is 0 Å². The van der Waals surface area contributed by atoms with Gasteiger partial charge in [0, 0.05) is 6.04 Å². The molecule has 0 spiro atoms. The van der Waals surface area contributed by atoms with Crippen LogP contribution < -0.4 is 10.5 Å². The Kier molecular flexibility index (Phi) is 5.82. The summed E-state index contributed by atoms with van der Waals surface area (Å²) in [6.07, 6.45) is 0.643. The average molecular weight is 285 g/mol. The fourth-order valence-corrected chi connectivity index (χ4v) is 2.97. The lowest BCUT2D eigenvalue weighted by Gasteiger charge is -2.12. The summed E-state index contributed by atoms with van der Waals surface area (Å²) in [5.74, 6) is 1.00. The van der Waals surface area contributed by atoms with Crippen molar-refractivity contribution in [2.75, 3.05) is 18.1 Å². The predicted octanol–water partition coefficient (Wildman–Crippen LogP) is 2.22. The van der Waals surface area contributed by atoms with E-state index in [1.807, 2.05) is 39.0 Å². The van der Waals surface area contributed by atoms with Gasteiger partial charge >= 0.3 is 0 Å². The Labute approximate surface area is 115 Å². The van der Waals surface area contributed by atoms with E-state index >= 15 is 0 Å². The Morgan fingerprint density at radius 1 is 1.32 bits per heavy atom. The molecule has 0 amide bonds. The first-order valence-electron chi connectivity index (χ1n) is 6.55. The molecule has 0 bridgehead atoms. The fourth-order valence-electron chi connectivity index (χ4n) is 1.81. The van der Waals surface area contributed by atoms with Crippen LogP contribution in [0.2, 0.25) is 0 Å². The molecule has 19 heavy (non-hydrogen) atoms. The Balaban J connectivity index is 2.59. The van der Waals surface area contributed by atoms with E-state index < -0.39 is 9.84 Å². The Hall–Kier alpha value is -1.07. The largest absolute Gasteiger partial charge is 0.492 e. The average Bonchev–Trinajstić information content (AvgIpc) is 2.30. The van der Waals surface area contributed by atoms with Crippen molar-refractivity contribution in [2.24, 2.45) is 5.73 Å². The molecule has 0 aliphatic carbocycles. The van der Waals surface area contributed by atoms with Crippen LogP contribution >= 0.6 is 0 Å². The number of ether oxygens (including phenoxy) is 1. The summed E-state index contributed by atoms with van der Waals surface area (Å²) < 4.78 is 28.6. The standard InChI is InChI=1S/C14H23NO3S/c1-4-8-19(16,17)9-7-18-14-6-5-13(12(3)15)10-11(14)2/h5-6,10,12H,4,7-9,15H2,1-3H3/t12-/m1/s1. The van der Waals surface area contributed by atoms with Crippen LogP contribution in [-0.2, 0) is 9.84 Å². The van der Waals surface area contributed by atoms with Crippen molar-refractivity contribution in [1.29, 1.82) is 0 Å². The molecule has 1 atom stereocenters. The minimum absolute atomic E-state index is 0.0160. The summed E-state index contributed by atoms with van der Waals surface area (Å²) in [5.41, 5.74) is 7.82. The van der Waals surface area contributed by atoms with Gasteiger partial charge in [-0.05, 0) is 37.5 Å². The van der Waals surface area contributed by atoms with E-state index in [0.717, 1.165) is 16.9 Å². The van der Waals surface area contributed by atoms with Gasteiger partial charge in [0.2, 0.25) is 0 Å². The highest BCUT2D eigenvalue weighted by Crippen LogP contribution is 2.21. The highest BCUT2D eigenvalue weighted by atomic mass is 32.2. The molecule has 5 heteroatoms. The normalized spacial score (nSPS) is 13.3. The molecular formula is C14H23NO3S. The Morgan fingerprint density at radius 3 is 2.53 bits per heavy atom. The van der Waals surface area contributed by atoms with Gasteiger partial charge in [-0.3, -0.25) is 0 Å². The van der Waals surface area contributed by atoms with Crippen LogP contribution in [0.4, 0.5) is 0 Å². The molecule has 1 rings (SSSR count). The molecule has 0 heterocycles. The lowest BCUT2D eigenvalue weighted by Crippen LogP contribution is -2.17. The second-order valence-electron chi connectivity index (χ2n) is 4.81. The number of sulfone groups is 1. The second kappa shape index (κ2) is 6.91. The Morgan fingerprint density at radius 2 is 2.00 bits per heavy atom. The van der Waals surface area contributed by atoms with E-state index in [1.165, 1.54) is 0 Å². The number of hydrogen-bond donors (Lipinski definition) is 1. The zero-order chi connectivity index (χ0) is 14.5. The number of aryl methyl sites for hydroxylation is 1.